The number of barbiturate groups is 1. The van der Waals surface area contributed by atoms with Crippen LogP contribution in [-0.2, 0) is 22.8 Å². The third-order valence-electron chi connectivity index (χ3n) is 6.17. The quantitative estimate of drug-likeness (QED) is 0.149. The standard InChI is InChI=1S/C31H20BrCl3N2O5/c32-21-4-12-28(42-17-19-3-11-26(34)27(35)13-19)20(14-21)15-25-29(38)36-31(40)37(30(25)39)23-7-9-24(10-8-23)41-16-18-1-5-22(33)6-2-18/h1-15H,16-17H2,(H,36,38,40)/b25-15+. The molecule has 1 aliphatic rings. The van der Waals surface area contributed by atoms with Crippen LogP contribution in [0.5, 0.6) is 11.5 Å². The second-order valence-electron chi connectivity index (χ2n) is 9.09. The second-order valence-corrected chi connectivity index (χ2v) is 11.3. The summed E-state index contributed by atoms with van der Waals surface area (Å²) in [4.78, 5) is 39.9. The fourth-order valence-corrected chi connectivity index (χ4v) is 4.87. The van der Waals surface area contributed by atoms with Crippen molar-refractivity contribution in [2.75, 3.05) is 4.90 Å². The number of urea groups is 1. The Hall–Kier alpha value is -3.82. The fraction of sp³-hybridized carbons (Fsp3) is 0.0645. The normalized spacial score (nSPS) is 14.2. The zero-order valence-electron chi connectivity index (χ0n) is 21.6. The summed E-state index contributed by atoms with van der Waals surface area (Å²) >= 11 is 21.4. The number of ether oxygens (including phenoxy) is 2. The van der Waals surface area contributed by atoms with Crippen molar-refractivity contribution in [1.29, 1.82) is 0 Å². The van der Waals surface area contributed by atoms with Crippen molar-refractivity contribution in [3.63, 3.8) is 0 Å². The van der Waals surface area contributed by atoms with Crippen molar-refractivity contribution in [2.45, 2.75) is 13.2 Å². The summed E-state index contributed by atoms with van der Waals surface area (Å²) in [5.41, 5.74) is 2.17. The first kappa shape index (κ1) is 29.7. The molecule has 1 fully saturated rings. The Kier molecular flexibility index (Phi) is 9.18. The van der Waals surface area contributed by atoms with Crippen molar-refractivity contribution in [1.82, 2.24) is 5.32 Å². The molecule has 0 aromatic heterocycles. The van der Waals surface area contributed by atoms with Gasteiger partial charge in [-0.15, -0.1) is 0 Å². The molecule has 4 amide bonds. The number of anilines is 1. The summed E-state index contributed by atoms with van der Waals surface area (Å²) in [6.07, 6.45) is 1.38. The van der Waals surface area contributed by atoms with Gasteiger partial charge in [-0.2, -0.15) is 0 Å². The van der Waals surface area contributed by atoms with Crippen LogP contribution >= 0.6 is 50.7 Å². The highest BCUT2D eigenvalue weighted by Gasteiger charge is 2.37. The molecule has 0 radical (unpaired) electrons. The number of carbonyl (C=O) groups is 3. The van der Waals surface area contributed by atoms with Crippen LogP contribution in [0.4, 0.5) is 10.5 Å². The van der Waals surface area contributed by atoms with Gasteiger partial charge in [-0.1, -0.05) is 68.9 Å². The monoisotopic (exact) mass is 684 g/mol. The minimum Gasteiger partial charge on any atom is -0.489 e. The molecule has 1 N–H and O–H groups in total. The third-order valence-corrected chi connectivity index (χ3v) is 7.65. The predicted molar refractivity (Wildman–Crippen MR) is 166 cm³/mol. The number of nitrogens with zero attached hydrogens (tertiary/aromatic N) is 1. The molecule has 0 unspecified atom stereocenters. The van der Waals surface area contributed by atoms with E-state index in [1.807, 2.05) is 12.1 Å². The molecule has 7 nitrogen and oxygen atoms in total. The number of benzene rings is 4. The Bertz CT molecular complexity index is 1710. The number of halogens is 4. The summed E-state index contributed by atoms with van der Waals surface area (Å²) in [7, 11) is 0. The first-order valence-electron chi connectivity index (χ1n) is 12.4. The average Bonchev–Trinajstić information content (AvgIpc) is 2.97. The molecular weight excluding hydrogens is 667 g/mol. The molecule has 5 rings (SSSR count). The van der Waals surface area contributed by atoms with Gasteiger partial charge >= 0.3 is 6.03 Å². The van der Waals surface area contributed by atoms with Crippen LogP contribution in [0.2, 0.25) is 15.1 Å². The van der Waals surface area contributed by atoms with E-state index in [0.29, 0.717) is 43.2 Å². The molecule has 0 aliphatic carbocycles. The van der Waals surface area contributed by atoms with Gasteiger partial charge in [0.05, 0.1) is 15.7 Å². The van der Waals surface area contributed by atoms with Gasteiger partial charge in [-0.3, -0.25) is 14.9 Å². The lowest BCUT2D eigenvalue weighted by molar-refractivity contribution is -0.122. The lowest BCUT2D eigenvalue weighted by Crippen LogP contribution is -2.54. The number of hydrogen-bond acceptors (Lipinski definition) is 5. The largest absolute Gasteiger partial charge is 0.489 e. The number of rotatable bonds is 8. The minimum atomic E-state index is -0.859. The van der Waals surface area contributed by atoms with E-state index in [1.165, 1.54) is 6.08 Å². The highest BCUT2D eigenvalue weighted by Crippen LogP contribution is 2.30. The van der Waals surface area contributed by atoms with Crippen LogP contribution in [0.15, 0.2) is 95.0 Å². The number of nitrogens with one attached hydrogen (secondary N) is 1. The number of amides is 4. The van der Waals surface area contributed by atoms with Gasteiger partial charge in [0, 0.05) is 15.1 Å². The van der Waals surface area contributed by atoms with Crippen LogP contribution < -0.4 is 19.7 Å². The second kappa shape index (κ2) is 13.0. The molecule has 0 spiro atoms. The molecule has 212 valence electrons. The summed E-state index contributed by atoms with van der Waals surface area (Å²) < 4.78 is 12.5. The van der Waals surface area contributed by atoms with Crippen LogP contribution in [0, 0.1) is 0 Å². The Balaban J connectivity index is 1.35. The van der Waals surface area contributed by atoms with E-state index in [1.54, 1.807) is 72.8 Å². The summed E-state index contributed by atoms with van der Waals surface area (Å²) in [6.45, 7) is 0.467. The van der Waals surface area contributed by atoms with Gasteiger partial charge < -0.3 is 9.47 Å². The Labute approximate surface area is 264 Å². The summed E-state index contributed by atoms with van der Waals surface area (Å²) in [5, 5.41) is 3.69. The van der Waals surface area contributed by atoms with Gasteiger partial charge in [0.25, 0.3) is 11.8 Å². The average molecular weight is 687 g/mol. The van der Waals surface area contributed by atoms with E-state index in [-0.39, 0.29) is 17.9 Å². The highest BCUT2D eigenvalue weighted by molar-refractivity contribution is 9.10. The maximum absolute atomic E-state index is 13.5. The molecular formula is C31H20BrCl3N2O5. The number of hydrogen-bond donors (Lipinski definition) is 1. The third kappa shape index (κ3) is 6.97. The van der Waals surface area contributed by atoms with Crippen molar-refractivity contribution in [3.05, 3.63) is 127 Å². The topological polar surface area (TPSA) is 84.9 Å². The molecule has 1 saturated heterocycles. The molecule has 11 heteroatoms. The molecule has 4 aromatic carbocycles. The van der Waals surface area contributed by atoms with E-state index in [0.717, 1.165) is 16.0 Å². The van der Waals surface area contributed by atoms with E-state index < -0.39 is 17.8 Å². The number of imide groups is 2. The molecule has 4 aromatic rings. The van der Waals surface area contributed by atoms with Crippen molar-refractivity contribution in [3.8, 4) is 11.5 Å². The van der Waals surface area contributed by atoms with Crippen LogP contribution in [0.3, 0.4) is 0 Å². The van der Waals surface area contributed by atoms with Crippen LogP contribution in [0.1, 0.15) is 16.7 Å². The zero-order chi connectivity index (χ0) is 29.8. The molecule has 0 saturated carbocycles. The molecule has 1 heterocycles. The van der Waals surface area contributed by atoms with Gasteiger partial charge in [0.2, 0.25) is 0 Å². The van der Waals surface area contributed by atoms with Gasteiger partial charge in [0.15, 0.2) is 0 Å². The van der Waals surface area contributed by atoms with E-state index >= 15 is 0 Å². The van der Waals surface area contributed by atoms with Crippen LogP contribution in [0.25, 0.3) is 6.08 Å². The maximum Gasteiger partial charge on any atom is 0.335 e. The van der Waals surface area contributed by atoms with E-state index in [2.05, 4.69) is 21.2 Å². The minimum absolute atomic E-state index is 0.159. The first-order chi connectivity index (χ1) is 20.2. The maximum atomic E-state index is 13.5. The van der Waals surface area contributed by atoms with Crippen molar-refractivity contribution in [2.24, 2.45) is 0 Å². The lowest BCUT2D eigenvalue weighted by Gasteiger charge is -2.26. The Morgan fingerprint density at radius 1 is 0.762 bits per heavy atom. The molecule has 42 heavy (non-hydrogen) atoms. The van der Waals surface area contributed by atoms with Crippen LogP contribution in [-0.4, -0.2) is 17.8 Å². The molecule has 1 aliphatic heterocycles. The van der Waals surface area contributed by atoms with E-state index in [4.69, 9.17) is 44.3 Å². The summed E-state index contributed by atoms with van der Waals surface area (Å²) in [5.74, 6) is -0.667. The summed E-state index contributed by atoms with van der Waals surface area (Å²) in [6, 6.07) is 23.1. The fourth-order valence-electron chi connectivity index (χ4n) is 4.04. The molecule has 0 bridgehead atoms. The van der Waals surface area contributed by atoms with Crippen molar-refractivity contribution < 1.29 is 23.9 Å². The van der Waals surface area contributed by atoms with Gasteiger partial charge in [-0.05, 0) is 83.9 Å². The van der Waals surface area contributed by atoms with Gasteiger partial charge in [0.1, 0.15) is 30.3 Å². The van der Waals surface area contributed by atoms with Gasteiger partial charge in [-0.25, -0.2) is 9.69 Å². The predicted octanol–water partition coefficient (Wildman–Crippen LogP) is 8.23. The SMILES string of the molecule is O=C1NC(=O)N(c2ccc(OCc3ccc(Cl)cc3)cc2)C(=O)/C1=C/c1cc(Br)ccc1OCc1ccc(Cl)c(Cl)c1. The smallest absolute Gasteiger partial charge is 0.335 e. The lowest BCUT2D eigenvalue weighted by atomic mass is 10.1. The Morgan fingerprint density at radius 3 is 2.17 bits per heavy atom. The van der Waals surface area contributed by atoms with Crippen molar-refractivity contribution >= 4 is 80.3 Å². The highest BCUT2D eigenvalue weighted by atomic mass is 79.9. The first-order valence-corrected chi connectivity index (χ1v) is 14.4. The molecule has 0 atom stereocenters. The van der Waals surface area contributed by atoms with E-state index in [9.17, 15) is 14.4 Å². The number of carbonyl (C=O) groups excluding carboxylic acids is 3. The zero-order valence-corrected chi connectivity index (χ0v) is 25.4. The Morgan fingerprint density at radius 2 is 1.45 bits per heavy atom.